The number of piperazine rings is 1. The fraction of sp³-hybridized carbons (Fsp3) is 0.391. The number of carbonyl (C=O) groups excluding carboxylic acids is 2. The molecular weight excluding hydrogens is 405 g/mol. The topological polar surface area (TPSA) is 52.7 Å². The molecule has 1 saturated heterocycles. The van der Waals surface area contributed by atoms with Crippen LogP contribution in [0.4, 0.5) is 4.39 Å². The highest BCUT2D eigenvalue weighted by molar-refractivity contribution is 5.85. The SMILES string of the molecule is CC(=O)N1CCc2ccccc2C1CC(=O)N1CCNCC1c1cccc(F)c1.Cl. The lowest BCUT2D eigenvalue weighted by atomic mass is 9.90. The van der Waals surface area contributed by atoms with Crippen LogP contribution in [-0.2, 0) is 16.0 Å². The van der Waals surface area contributed by atoms with Crippen molar-refractivity contribution >= 4 is 24.2 Å². The van der Waals surface area contributed by atoms with Gasteiger partial charge in [0.05, 0.1) is 18.5 Å². The molecule has 2 aliphatic rings. The Morgan fingerprint density at radius 2 is 1.90 bits per heavy atom. The highest BCUT2D eigenvalue weighted by atomic mass is 35.5. The van der Waals surface area contributed by atoms with Crippen molar-refractivity contribution in [2.75, 3.05) is 26.2 Å². The molecule has 0 spiro atoms. The number of rotatable bonds is 3. The average Bonchev–Trinajstić information content (AvgIpc) is 2.73. The third-order valence-corrected chi connectivity index (χ3v) is 5.98. The Hall–Kier alpha value is -2.44. The van der Waals surface area contributed by atoms with Gasteiger partial charge in [0, 0.05) is 33.1 Å². The highest BCUT2D eigenvalue weighted by Crippen LogP contribution is 2.34. The van der Waals surface area contributed by atoms with E-state index in [1.54, 1.807) is 17.9 Å². The maximum Gasteiger partial charge on any atom is 0.225 e. The number of fused-ring (bicyclic) bond motifs is 1. The second-order valence-corrected chi connectivity index (χ2v) is 7.74. The maximum absolute atomic E-state index is 13.8. The zero-order chi connectivity index (χ0) is 20.4. The van der Waals surface area contributed by atoms with Crippen LogP contribution in [0.5, 0.6) is 0 Å². The number of benzene rings is 2. The molecule has 1 N–H and O–H groups in total. The molecule has 0 bridgehead atoms. The van der Waals surface area contributed by atoms with Gasteiger partial charge in [0.1, 0.15) is 5.82 Å². The Kier molecular flexibility index (Phi) is 7.10. The highest BCUT2D eigenvalue weighted by Gasteiger charge is 2.34. The largest absolute Gasteiger partial charge is 0.335 e. The second-order valence-electron chi connectivity index (χ2n) is 7.74. The van der Waals surface area contributed by atoms with E-state index in [2.05, 4.69) is 11.4 Å². The minimum Gasteiger partial charge on any atom is -0.335 e. The average molecular weight is 432 g/mol. The lowest BCUT2D eigenvalue weighted by Crippen LogP contribution is -2.50. The first-order valence-electron chi connectivity index (χ1n) is 10.2. The first-order valence-corrected chi connectivity index (χ1v) is 10.2. The van der Waals surface area contributed by atoms with E-state index in [9.17, 15) is 14.0 Å². The van der Waals surface area contributed by atoms with Gasteiger partial charge in [-0.1, -0.05) is 36.4 Å². The van der Waals surface area contributed by atoms with Crippen LogP contribution in [0.2, 0.25) is 0 Å². The van der Waals surface area contributed by atoms with Gasteiger partial charge in [-0.25, -0.2) is 4.39 Å². The van der Waals surface area contributed by atoms with Crippen molar-refractivity contribution in [3.63, 3.8) is 0 Å². The van der Waals surface area contributed by atoms with Crippen LogP contribution in [0.1, 0.15) is 42.1 Å². The predicted molar refractivity (Wildman–Crippen MR) is 116 cm³/mol. The molecule has 1 fully saturated rings. The number of nitrogens with one attached hydrogen (secondary N) is 1. The summed E-state index contributed by atoms with van der Waals surface area (Å²) in [5.74, 6) is -0.322. The fourth-order valence-electron chi connectivity index (χ4n) is 4.55. The molecule has 2 aromatic rings. The summed E-state index contributed by atoms with van der Waals surface area (Å²) in [6, 6.07) is 14.0. The van der Waals surface area contributed by atoms with Gasteiger partial charge >= 0.3 is 0 Å². The second kappa shape index (κ2) is 9.58. The molecule has 2 aliphatic heterocycles. The van der Waals surface area contributed by atoms with E-state index in [-0.39, 0.29) is 48.5 Å². The quantitative estimate of drug-likeness (QED) is 0.811. The van der Waals surface area contributed by atoms with E-state index in [0.717, 1.165) is 17.5 Å². The summed E-state index contributed by atoms with van der Waals surface area (Å²) >= 11 is 0. The Bertz CT molecular complexity index is 923. The number of hydrogen-bond acceptors (Lipinski definition) is 3. The van der Waals surface area contributed by atoms with Crippen LogP contribution in [0.25, 0.3) is 0 Å². The molecule has 7 heteroatoms. The van der Waals surface area contributed by atoms with Crippen molar-refractivity contribution < 1.29 is 14.0 Å². The Morgan fingerprint density at radius 1 is 1.10 bits per heavy atom. The van der Waals surface area contributed by atoms with Crippen molar-refractivity contribution in [1.29, 1.82) is 0 Å². The van der Waals surface area contributed by atoms with Gasteiger partial charge in [0.25, 0.3) is 0 Å². The summed E-state index contributed by atoms with van der Waals surface area (Å²) < 4.78 is 13.8. The standard InChI is InChI=1S/C23H26FN3O2.ClH/c1-16(28)26-11-9-17-5-2-3-8-20(17)21(26)14-23(29)27-12-10-25-15-22(27)18-6-4-7-19(24)13-18;/h2-8,13,21-22,25H,9-12,14-15H2,1H3;1H. The van der Waals surface area contributed by atoms with Gasteiger partial charge in [0.2, 0.25) is 11.8 Å². The van der Waals surface area contributed by atoms with Crippen molar-refractivity contribution in [3.8, 4) is 0 Å². The van der Waals surface area contributed by atoms with Crippen molar-refractivity contribution in [1.82, 2.24) is 15.1 Å². The molecule has 2 heterocycles. The summed E-state index contributed by atoms with van der Waals surface area (Å²) in [4.78, 5) is 29.3. The maximum atomic E-state index is 13.8. The molecule has 2 atom stereocenters. The first kappa shape index (κ1) is 22.2. The molecule has 4 rings (SSSR count). The molecule has 30 heavy (non-hydrogen) atoms. The van der Waals surface area contributed by atoms with Crippen LogP contribution in [-0.4, -0.2) is 47.8 Å². The number of hydrogen-bond donors (Lipinski definition) is 1. The van der Waals surface area contributed by atoms with Crippen molar-refractivity contribution in [3.05, 3.63) is 71.0 Å². The van der Waals surface area contributed by atoms with Crippen molar-refractivity contribution in [2.24, 2.45) is 0 Å². The molecule has 2 unspecified atom stereocenters. The number of nitrogens with zero attached hydrogens (tertiary/aromatic N) is 2. The van der Waals surface area contributed by atoms with E-state index < -0.39 is 0 Å². The lowest BCUT2D eigenvalue weighted by Gasteiger charge is -2.40. The van der Waals surface area contributed by atoms with Crippen molar-refractivity contribution in [2.45, 2.75) is 31.8 Å². The number of halogens is 2. The molecule has 2 amide bonds. The number of carbonyl (C=O) groups is 2. The van der Waals surface area contributed by atoms with Crippen LogP contribution < -0.4 is 5.32 Å². The molecule has 5 nitrogen and oxygen atoms in total. The molecule has 0 aliphatic carbocycles. The smallest absolute Gasteiger partial charge is 0.225 e. The van der Waals surface area contributed by atoms with Gasteiger partial charge in [-0.3, -0.25) is 9.59 Å². The zero-order valence-corrected chi connectivity index (χ0v) is 17.8. The van der Waals surface area contributed by atoms with Gasteiger partial charge in [-0.05, 0) is 35.2 Å². The summed E-state index contributed by atoms with van der Waals surface area (Å²) in [5.41, 5.74) is 3.04. The van der Waals surface area contributed by atoms with Crippen LogP contribution in [0.15, 0.2) is 48.5 Å². The third kappa shape index (κ3) is 4.50. The summed E-state index contributed by atoms with van der Waals surface area (Å²) in [6.45, 7) is 4.04. The van der Waals surface area contributed by atoms with Crippen LogP contribution >= 0.6 is 12.4 Å². The van der Waals surface area contributed by atoms with Crippen LogP contribution in [0.3, 0.4) is 0 Å². The Labute approximate surface area is 182 Å². The third-order valence-electron chi connectivity index (χ3n) is 5.98. The summed E-state index contributed by atoms with van der Waals surface area (Å²) in [7, 11) is 0. The van der Waals surface area contributed by atoms with E-state index in [1.165, 1.54) is 17.7 Å². The monoisotopic (exact) mass is 431 g/mol. The Balaban J connectivity index is 0.00000256. The van der Waals surface area contributed by atoms with E-state index in [4.69, 9.17) is 0 Å². The van der Waals surface area contributed by atoms with E-state index >= 15 is 0 Å². The normalized spacial score (nSPS) is 20.9. The van der Waals surface area contributed by atoms with Gasteiger partial charge in [0.15, 0.2) is 0 Å². The van der Waals surface area contributed by atoms with E-state index in [0.29, 0.717) is 26.2 Å². The first-order chi connectivity index (χ1) is 14.0. The summed E-state index contributed by atoms with van der Waals surface area (Å²) in [6.07, 6.45) is 1.04. The molecular formula is C23H27ClFN3O2. The fourth-order valence-corrected chi connectivity index (χ4v) is 4.55. The molecule has 2 aromatic carbocycles. The van der Waals surface area contributed by atoms with Gasteiger partial charge in [-0.2, -0.15) is 0 Å². The lowest BCUT2D eigenvalue weighted by molar-refractivity contribution is -0.138. The van der Waals surface area contributed by atoms with Gasteiger partial charge < -0.3 is 15.1 Å². The Morgan fingerprint density at radius 3 is 2.67 bits per heavy atom. The summed E-state index contributed by atoms with van der Waals surface area (Å²) in [5, 5.41) is 3.30. The molecule has 0 radical (unpaired) electrons. The minimum atomic E-state index is -0.301. The van der Waals surface area contributed by atoms with Gasteiger partial charge in [-0.15, -0.1) is 12.4 Å². The molecule has 0 aromatic heterocycles. The van der Waals surface area contributed by atoms with Crippen LogP contribution in [0, 0.1) is 5.82 Å². The zero-order valence-electron chi connectivity index (χ0n) is 17.0. The molecule has 160 valence electrons. The molecule has 0 saturated carbocycles. The number of amides is 2. The van der Waals surface area contributed by atoms with E-state index in [1.807, 2.05) is 29.2 Å². The minimum absolute atomic E-state index is 0. The predicted octanol–water partition coefficient (Wildman–Crippen LogP) is 3.26.